The maximum Gasteiger partial charge on any atom is 0.339 e. The van der Waals surface area contributed by atoms with Crippen molar-refractivity contribution in [1.29, 1.82) is 0 Å². The molecule has 2 heterocycles. The molecule has 1 N–H and O–H groups in total. The second-order valence-electron chi connectivity index (χ2n) is 5.24. The van der Waals surface area contributed by atoms with Crippen LogP contribution >= 0.6 is 0 Å². The lowest BCUT2D eigenvalue weighted by molar-refractivity contribution is -0.0327. The highest BCUT2D eigenvalue weighted by Gasteiger charge is 2.25. The highest BCUT2D eigenvalue weighted by Crippen LogP contribution is 2.23. The summed E-state index contributed by atoms with van der Waals surface area (Å²) in [5.41, 5.74) is 0.742. The second kappa shape index (κ2) is 6.28. The molecule has 1 aliphatic rings. The third kappa shape index (κ3) is 3.13. The summed E-state index contributed by atoms with van der Waals surface area (Å²) in [4.78, 5) is 22.1. The van der Waals surface area contributed by atoms with Gasteiger partial charge in [-0.1, -0.05) is 20.8 Å². The van der Waals surface area contributed by atoms with Crippen LogP contribution in [0.2, 0.25) is 0 Å². The molecule has 2 rings (SSSR count). The van der Waals surface area contributed by atoms with Crippen molar-refractivity contribution in [2.75, 3.05) is 26.2 Å². The first-order chi connectivity index (χ1) is 9.52. The fourth-order valence-corrected chi connectivity index (χ4v) is 2.32. The molecule has 110 valence electrons. The predicted octanol–water partition coefficient (Wildman–Crippen LogP) is 1.69. The number of aromatic carboxylic acids is 1. The Labute approximate surface area is 118 Å². The summed E-state index contributed by atoms with van der Waals surface area (Å²) in [6.07, 6.45) is 1.22. The Hall–Kier alpha value is -1.53. The Bertz CT molecular complexity index is 491. The smallest absolute Gasteiger partial charge is 0.339 e. The number of hydrogen-bond donors (Lipinski definition) is 1. The van der Waals surface area contributed by atoms with Gasteiger partial charge in [0.1, 0.15) is 6.10 Å². The van der Waals surface area contributed by atoms with Gasteiger partial charge in [-0.2, -0.15) is 0 Å². The lowest BCUT2D eigenvalue weighted by Crippen LogP contribution is -2.38. The van der Waals surface area contributed by atoms with Crippen LogP contribution in [0.5, 0.6) is 0 Å². The number of morpholine rings is 1. The molecule has 1 aromatic rings. The van der Waals surface area contributed by atoms with Crippen LogP contribution in [0.25, 0.3) is 0 Å². The number of aromatic nitrogens is 2. The molecule has 20 heavy (non-hydrogen) atoms. The van der Waals surface area contributed by atoms with E-state index in [0.29, 0.717) is 18.1 Å². The predicted molar refractivity (Wildman–Crippen MR) is 73.9 cm³/mol. The molecule has 1 unspecified atom stereocenters. The molecular formula is C14H21N3O3. The average Bonchev–Trinajstić information content (AvgIpc) is 2.46. The number of ether oxygens (including phenoxy) is 1. The van der Waals surface area contributed by atoms with Gasteiger partial charge in [0.25, 0.3) is 0 Å². The van der Waals surface area contributed by atoms with Crippen molar-refractivity contribution in [1.82, 2.24) is 14.9 Å². The van der Waals surface area contributed by atoms with Crippen LogP contribution in [-0.2, 0) is 4.74 Å². The molecule has 1 fully saturated rings. The van der Waals surface area contributed by atoms with Gasteiger partial charge in [-0.15, -0.1) is 0 Å². The minimum absolute atomic E-state index is 0.0359. The summed E-state index contributed by atoms with van der Waals surface area (Å²) < 4.78 is 5.72. The van der Waals surface area contributed by atoms with Gasteiger partial charge in [0.15, 0.2) is 5.82 Å². The number of carbonyl (C=O) groups is 1. The number of rotatable bonds is 4. The topological polar surface area (TPSA) is 75.5 Å². The Morgan fingerprint density at radius 2 is 2.35 bits per heavy atom. The summed E-state index contributed by atoms with van der Waals surface area (Å²) in [6.45, 7) is 9.24. The molecule has 0 aliphatic carbocycles. The molecule has 0 aromatic carbocycles. The fraction of sp³-hybridized carbons (Fsp3) is 0.643. The third-order valence-corrected chi connectivity index (χ3v) is 3.50. The third-order valence-electron chi connectivity index (χ3n) is 3.50. The first-order valence-corrected chi connectivity index (χ1v) is 6.97. The van der Waals surface area contributed by atoms with E-state index in [1.165, 1.54) is 6.20 Å². The van der Waals surface area contributed by atoms with Crippen molar-refractivity contribution in [3.05, 3.63) is 23.3 Å². The zero-order valence-corrected chi connectivity index (χ0v) is 12.2. The van der Waals surface area contributed by atoms with E-state index in [0.717, 1.165) is 19.6 Å². The number of carboxylic acid groups (broad SMARTS) is 1. The van der Waals surface area contributed by atoms with E-state index in [1.54, 1.807) is 0 Å². The average molecular weight is 279 g/mol. The highest BCUT2D eigenvalue weighted by molar-refractivity contribution is 5.88. The minimum atomic E-state index is -0.986. The van der Waals surface area contributed by atoms with Gasteiger partial charge in [0.05, 0.1) is 17.9 Å². The highest BCUT2D eigenvalue weighted by atomic mass is 16.5. The van der Waals surface area contributed by atoms with Crippen LogP contribution in [0.15, 0.2) is 6.20 Å². The zero-order valence-electron chi connectivity index (χ0n) is 12.2. The lowest BCUT2D eigenvalue weighted by atomic mass is 10.0. The van der Waals surface area contributed by atoms with E-state index >= 15 is 0 Å². The molecule has 0 bridgehead atoms. The molecule has 1 aliphatic heterocycles. The van der Waals surface area contributed by atoms with Crippen molar-refractivity contribution < 1.29 is 14.6 Å². The standard InChI is InChI=1S/C14H21N3O3/c1-4-17-5-6-20-11(8-17)13-15-7-10(14(18)19)12(16-13)9(2)3/h7,9,11H,4-6,8H2,1-3H3,(H,18,19). The first kappa shape index (κ1) is 14.9. The van der Waals surface area contributed by atoms with E-state index in [-0.39, 0.29) is 17.6 Å². The van der Waals surface area contributed by atoms with Crippen LogP contribution in [-0.4, -0.2) is 52.2 Å². The monoisotopic (exact) mass is 279 g/mol. The van der Waals surface area contributed by atoms with E-state index in [4.69, 9.17) is 4.74 Å². The number of carboxylic acids is 1. The van der Waals surface area contributed by atoms with E-state index in [1.807, 2.05) is 13.8 Å². The van der Waals surface area contributed by atoms with Crippen LogP contribution in [0.1, 0.15) is 54.7 Å². The Kier molecular flexibility index (Phi) is 4.67. The lowest BCUT2D eigenvalue weighted by Gasteiger charge is -2.31. The first-order valence-electron chi connectivity index (χ1n) is 6.97. The van der Waals surface area contributed by atoms with E-state index < -0.39 is 5.97 Å². The van der Waals surface area contributed by atoms with Crippen LogP contribution in [0.3, 0.4) is 0 Å². The second-order valence-corrected chi connectivity index (χ2v) is 5.24. The summed E-state index contributed by atoms with van der Waals surface area (Å²) >= 11 is 0. The van der Waals surface area contributed by atoms with Crippen molar-refractivity contribution in [3.8, 4) is 0 Å². The maximum atomic E-state index is 11.2. The summed E-state index contributed by atoms with van der Waals surface area (Å²) in [6, 6.07) is 0. The molecule has 6 nitrogen and oxygen atoms in total. The zero-order chi connectivity index (χ0) is 14.7. The molecule has 0 spiro atoms. The summed E-state index contributed by atoms with van der Waals surface area (Å²) in [5, 5.41) is 9.18. The Morgan fingerprint density at radius 1 is 1.60 bits per heavy atom. The number of nitrogens with zero attached hydrogens (tertiary/aromatic N) is 3. The van der Waals surface area contributed by atoms with E-state index in [2.05, 4.69) is 21.8 Å². The van der Waals surface area contributed by atoms with Crippen molar-refractivity contribution in [3.63, 3.8) is 0 Å². The molecule has 0 saturated carbocycles. The van der Waals surface area contributed by atoms with Gasteiger partial charge in [-0.25, -0.2) is 14.8 Å². The molecule has 1 aromatic heterocycles. The van der Waals surface area contributed by atoms with Gasteiger partial charge in [-0.05, 0) is 12.5 Å². The molecule has 1 saturated heterocycles. The number of likely N-dealkylation sites (N-methyl/N-ethyl adjacent to an activating group) is 1. The van der Waals surface area contributed by atoms with Gasteiger partial charge >= 0.3 is 5.97 Å². The van der Waals surface area contributed by atoms with Crippen LogP contribution in [0, 0.1) is 0 Å². The molecule has 0 amide bonds. The minimum Gasteiger partial charge on any atom is -0.478 e. The van der Waals surface area contributed by atoms with Gasteiger partial charge in [0, 0.05) is 19.3 Å². The molecule has 0 radical (unpaired) electrons. The van der Waals surface area contributed by atoms with Crippen molar-refractivity contribution >= 4 is 5.97 Å². The van der Waals surface area contributed by atoms with Crippen molar-refractivity contribution in [2.24, 2.45) is 0 Å². The largest absolute Gasteiger partial charge is 0.478 e. The molecule has 6 heteroatoms. The van der Waals surface area contributed by atoms with Crippen LogP contribution < -0.4 is 0 Å². The summed E-state index contributed by atoms with van der Waals surface area (Å²) in [5.74, 6) is -0.370. The van der Waals surface area contributed by atoms with Crippen molar-refractivity contribution in [2.45, 2.75) is 32.8 Å². The Morgan fingerprint density at radius 3 is 2.95 bits per heavy atom. The fourth-order valence-electron chi connectivity index (χ4n) is 2.32. The SMILES string of the molecule is CCN1CCOC(c2ncc(C(=O)O)c(C(C)C)n2)C1. The van der Waals surface area contributed by atoms with E-state index in [9.17, 15) is 9.90 Å². The Balaban J connectivity index is 2.28. The quantitative estimate of drug-likeness (QED) is 0.904. The maximum absolute atomic E-state index is 11.2. The van der Waals surface area contributed by atoms with Crippen LogP contribution in [0.4, 0.5) is 0 Å². The normalized spacial score (nSPS) is 20.3. The molecule has 1 atom stereocenters. The summed E-state index contributed by atoms with van der Waals surface area (Å²) in [7, 11) is 0. The van der Waals surface area contributed by atoms with Gasteiger partial charge in [-0.3, -0.25) is 4.90 Å². The van der Waals surface area contributed by atoms with Gasteiger partial charge in [0.2, 0.25) is 0 Å². The molecular weight excluding hydrogens is 258 g/mol. The van der Waals surface area contributed by atoms with Gasteiger partial charge < -0.3 is 9.84 Å². The number of hydrogen-bond acceptors (Lipinski definition) is 5.